The van der Waals surface area contributed by atoms with Gasteiger partial charge in [-0.05, 0) is 37.5 Å². The molecule has 0 bridgehead atoms. The molecule has 0 saturated heterocycles. The standard InChI is InChI=1S/C21H40/c1-3-5-7-9-11-12-14-16-18-21(19-20-21)17-15-13-10-8-6-4-2/h15,17H,3-14,16,18-20H2,1-2H3/b17-15+. The van der Waals surface area contributed by atoms with Crippen molar-refractivity contribution < 1.29 is 0 Å². The van der Waals surface area contributed by atoms with Crippen molar-refractivity contribution in [2.75, 3.05) is 0 Å². The van der Waals surface area contributed by atoms with Gasteiger partial charge < -0.3 is 0 Å². The molecule has 124 valence electrons. The molecule has 0 heteroatoms. The summed E-state index contributed by atoms with van der Waals surface area (Å²) in [5.41, 5.74) is 0.660. The van der Waals surface area contributed by atoms with Gasteiger partial charge >= 0.3 is 0 Å². The van der Waals surface area contributed by atoms with Crippen LogP contribution in [0.5, 0.6) is 0 Å². The molecule has 1 aliphatic rings. The number of hydrogen-bond donors (Lipinski definition) is 0. The summed E-state index contributed by atoms with van der Waals surface area (Å²) in [5, 5.41) is 0. The van der Waals surface area contributed by atoms with Gasteiger partial charge in [-0.2, -0.15) is 0 Å². The molecule has 0 aromatic rings. The van der Waals surface area contributed by atoms with Crippen molar-refractivity contribution >= 4 is 0 Å². The molecule has 0 aliphatic heterocycles. The maximum atomic E-state index is 2.58. The van der Waals surface area contributed by atoms with E-state index < -0.39 is 0 Å². The molecule has 1 fully saturated rings. The molecule has 0 heterocycles. The smallest absolute Gasteiger partial charge is 0.0118 e. The second-order valence-corrected chi connectivity index (χ2v) is 7.34. The van der Waals surface area contributed by atoms with E-state index in [9.17, 15) is 0 Å². The molecular formula is C21H40. The lowest BCUT2D eigenvalue weighted by Crippen LogP contribution is -1.95. The van der Waals surface area contributed by atoms with Gasteiger partial charge in [0.15, 0.2) is 0 Å². The predicted octanol–water partition coefficient (Wildman–Crippen LogP) is 7.82. The van der Waals surface area contributed by atoms with Gasteiger partial charge in [0, 0.05) is 0 Å². The first-order chi connectivity index (χ1) is 10.3. The van der Waals surface area contributed by atoms with Crippen LogP contribution in [0.2, 0.25) is 0 Å². The Balaban J connectivity index is 1.92. The molecule has 0 unspecified atom stereocenters. The summed E-state index contributed by atoms with van der Waals surface area (Å²) in [6.45, 7) is 4.59. The Bertz CT molecular complexity index is 247. The van der Waals surface area contributed by atoms with E-state index in [0.29, 0.717) is 5.41 Å². The minimum atomic E-state index is 0.660. The molecule has 0 aromatic carbocycles. The molecule has 1 saturated carbocycles. The van der Waals surface area contributed by atoms with E-state index in [4.69, 9.17) is 0 Å². The van der Waals surface area contributed by atoms with Crippen LogP contribution in [-0.4, -0.2) is 0 Å². The molecule has 0 N–H and O–H groups in total. The summed E-state index contributed by atoms with van der Waals surface area (Å²) in [6, 6.07) is 0. The molecule has 1 rings (SSSR count). The average molecular weight is 293 g/mol. The minimum absolute atomic E-state index is 0.660. The molecular weight excluding hydrogens is 252 g/mol. The fourth-order valence-corrected chi connectivity index (χ4v) is 3.29. The van der Waals surface area contributed by atoms with Crippen LogP contribution in [0, 0.1) is 5.41 Å². The Kier molecular flexibility index (Phi) is 11.0. The summed E-state index contributed by atoms with van der Waals surface area (Å²) in [4.78, 5) is 0. The Morgan fingerprint density at radius 1 is 0.667 bits per heavy atom. The first-order valence-corrected chi connectivity index (χ1v) is 10.0. The molecule has 0 aromatic heterocycles. The number of unbranched alkanes of at least 4 members (excludes halogenated alkanes) is 11. The Morgan fingerprint density at radius 2 is 1.19 bits per heavy atom. The van der Waals surface area contributed by atoms with Crippen LogP contribution in [0.25, 0.3) is 0 Å². The van der Waals surface area contributed by atoms with Crippen molar-refractivity contribution in [3.63, 3.8) is 0 Å². The predicted molar refractivity (Wildman–Crippen MR) is 96.8 cm³/mol. The summed E-state index contributed by atoms with van der Waals surface area (Å²) in [7, 11) is 0. The van der Waals surface area contributed by atoms with Crippen LogP contribution in [0.1, 0.15) is 117 Å². The zero-order chi connectivity index (χ0) is 15.2. The van der Waals surface area contributed by atoms with E-state index in [1.165, 1.54) is 103 Å². The van der Waals surface area contributed by atoms with Gasteiger partial charge in [-0.3, -0.25) is 0 Å². The van der Waals surface area contributed by atoms with Crippen molar-refractivity contribution in [3.05, 3.63) is 12.2 Å². The first-order valence-electron chi connectivity index (χ1n) is 10.0. The second-order valence-electron chi connectivity index (χ2n) is 7.34. The van der Waals surface area contributed by atoms with Gasteiger partial charge in [-0.1, -0.05) is 96.6 Å². The highest BCUT2D eigenvalue weighted by Crippen LogP contribution is 2.51. The monoisotopic (exact) mass is 292 g/mol. The third kappa shape index (κ3) is 10.1. The highest BCUT2D eigenvalue weighted by Gasteiger charge is 2.38. The van der Waals surface area contributed by atoms with E-state index in [1.807, 2.05) is 0 Å². The number of allylic oxidation sites excluding steroid dienone is 2. The van der Waals surface area contributed by atoms with Crippen molar-refractivity contribution in [2.45, 2.75) is 117 Å². The summed E-state index contributed by atoms with van der Waals surface area (Å²) < 4.78 is 0. The zero-order valence-corrected chi connectivity index (χ0v) is 15.0. The van der Waals surface area contributed by atoms with Crippen molar-refractivity contribution in [1.29, 1.82) is 0 Å². The fraction of sp³-hybridized carbons (Fsp3) is 0.905. The van der Waals surface area contributed by atoms with Gasteiger partial charge in [0.2, 0.25) is 0 Å². The molecule has 0 nitrogen and oxygen atoms in total. The van der Waals surface area contributed by atoms with E-state index in [1.54, 1.807) is 0 Å². The molecule has 0 spiro atoms. The highest BCUT2D eigenvalue weighted by molar-refractivity contribution is 5.08. The van der Waals surface area contributed by atoms with Gasteiger partial charge in [0.05, 0.1) is 0 Å². The lowest BCUT2D eigenvalue weighted by molar-refractivity contribution is 0.503. The largest absolute Gasteiger partial charge is 0.0880 e. The SMILES string of the molecule is CCCCCC/C=C/C1(CCCCCCCCCC)CC1. The Hall–Kier alpha value is -0.260. The van der Waals surface area contributed by atoms with Gasteiger partial charge in [-0.15, -0.1) is 0 Å². The van der Waals surface area contributed by atoms with Crippen LogP contribution in [0.4, 0.5) is 0 Å². The van der Waals surface area contributed by atoms with Crippen LogP contribution >= 0.6 is 0 Å². The average Bonchev–Trinajstić information content (AvgIpc) is 3.26. The second kappa shape index (κ2) is 12.3. The van der Waals surface area contributed by atoms with Crippen LogP contribution < -0.4 is 0 Å². The number of rotatable bonds is 15. The third-order valence-electron chi connectivity index (χ3n) is 5.12. The van der Waals surface area contributed by atoms with E-state index in [-0.39, 0.29) is 0 Å². The fourth-order valence-electron chi connectivity index (χ4n) is 3.29. The summed E-state index contributed by atoms with van der Waals surface area (Å²) >= 11 is 0. The minimum Gasteiger partial charge on any atom is -0.0880 e. The maximum Gasteiger partial charge on any atom is -0.0118 e. The lowest BCUT2D eigenvalue weighted by Gasteiger charge is -2.09. The topological polar surface area (TPSA) is 0 Å². The zero-order valence-electron chi connectivity index (χ0n) is 15.0. The molecule has 0 radical (unpaired) electrons. The first kappa shape index (κ1) is 18.8. The lowest BCUT2D eigenvalue weighted by atomic mass is 9.96. The van der Waals surface area contributed by atoms with Crippen molar-refractivity contribution in [3.8, 4) is 0 Å². The van der Waals surface area contributed by atoms with Crippen molar-refractivity contribution in [1.82, 2.24) is 0 Å². The van der Waals surface area contributed by atoms with Gasteiger partial charge in [0.25, 0.3) is 0 Å². The van der Waals surface area contributed by atoms with Crippen LogP contribution in [0.3, 0.4) is 0 Å². The summed E-state index contributed by atoms with van der Waals surface area (Å²) in [5.74, 6) is 0. The highest BCUT2D eigenvalue weighted by atomic mass is 14.4. The van der Waals surface area contributed by atoms with Crippen LogP contribution in [-0.2, 0) is 0 Å². The molecule has 21 heavy (non-hydrogen) atoms. The van der Waals surface area contributed by atoms with Crippen LogP contribution in [0.15, 0.2) is 12.2 Å². The molecule has 1 aliphatic carbocycles. The van der Waals surface area contributed by atoms with E-state index in [0.717, 1.165) is 0 Å². The molecule has 0 amide bonds. The van der Waals surface area contributed by atoms with E-state index >= 15 is 0 Å². The maximum absolute atomic E-state index is 2.58. The van der Waals surface area contributed by atoms with Crippen molar-refractivity contribution in [2.24, 2.45) is 5.41 Å². The van der Waals surface area contributed by atoms with E-state index in [2.05, 4.69) is 26.0 Å². The Morgan fingerprint density at radius 3 is 1.76 bits per heavy atom. The Labute approximate surface area is 134 Å². The third-order valence-corrected chi connectivity index (χ3v) is 5.12. The molecule has 0 atom stereocenters. The van der Waals surface area contributed by atoms with Gasteiger partial charge in [0.1, 0.15) is 0 Å². The quantitative estimate of drug-likeness (QED) is 0.213. The number of hydrogen-bond acceptors (Lipinski definition) is 0. The normalized spacial score (nSPS) is 16.7. The summed E-state index contributed by atoms with van der Waals surface area (Å²) in [6.07, 6.45) is 28.0. The van der Waals surface area contributed by atoms with Gasteiger partial charge in [-0.25, -0.2) is 0 Å².